The van der Waals surface area contributed by atoms with Gasteiger partial charge in [0.05, 0.1) is 23.8 Å². The molecule has 0 aromatic carbocycles. The van der Waals surface area contributed by atoms with E-state index in [2.05, 4.69) is 25.7 Å². The number of hydrogen-bond donors (Lipinski definition) is 2. The summed E-state index contributed by atoms with van der Waals surface area (Å²) >= 11 is 5.18. The predicted molar refractivity (Wildman–Crippen MR) is 103 cm³/mol. The SMILES string of the molecule is COCC(=O)CNC(=S)Nc1ccc2ncc(-c3cnn(C)c3)cc2n1. The van der Waals surface area contributed by atoms with Crippen molar-refractivity contribution in [1.82, 2.24) is 25.1 Å². The molecule has 0 fully saturated rings. The Hall–Kier alpha value is -2.91. The smallest absolute Gasteiger partial charge is 0.177 e. The number of thiocarbonyl (C=S) groups is 1. The van der Waals surface area contributed by atoms with E-state index in [0.29, 0.717) is 10.9 Å². The van der Waals surface area contributed by atoms with Crippen LogP contribution in [0.25, 0.3) is 22.2 Å². The van der Waals surface area contributed by atoms with Gasteiger partial charge in [-0.3, -0.25) is 14.5 Å². The summed E-state index contributed by atoms with van der Waals surface area (Å²) in [7, 11) is 3.34. The van der Waals surface area contributed by atoms with Gasteiger partial charge in [-0.25, -0.2) is 4.98 Å². The molecular weight excluding hydrogens is 352 g/mol. The number of pyridine rings is 2. The lowest BCUT2D eigenvalue weighted by Crippen LogP contribution is -2.34. The zero-order chi connectivity index (χ0) is 18.5. The molecule has 0 aliphatic heterocycles. The summed E-state index contributed by atoms with van der Waals surface area (Å²) in [5, 5.41) is 10.3. The molecule has 0 spiro atoms. The summed E-state index contributed by atoms with van der Waals surface area (Å²) < 4.78 is 6.51. The Bertz CT molecular complexity index is 955. The summed E-state index contributed by atoms with van der Waals surface area (Å²) in [5.41, 5.74) is 3.41. The number of methoxy groups -OCH3 is 1. The lowest BCUT2D eigenvalue weighted by atomic mass is 10.1. The minimum atomic E-state index is -0.0894. The summed E-state index contributed by atoms with van der Waals surface area (Å²) in [5.74, 6) is 0.479. The largest absolute Gasteiger partial charge is 0.377 e. The van der Waals surface area contributed by atoms with E-state index in [-0.39, 0.29) is 18.9 Å². The molecule has 0 bridgehead atoms. The van der Waals surface area contributed by atoms with E-state index in [9.17, 15) is 4.79 Å². The van der Waals surface area contributed by atoms with E-state index in [0.717, 1.165) is 22.2 Å². The van der Waals surface area contributed by atoms with Gasteiger partial charge in [0.1, 0.15) is 12.4 Å². The van der Waals surface area contributed by atoms with Gasteiger partial charge in [0.25, 0.3) is 0 Å². The highest BCUT2D eigenvalue weighted by molar-refractivity contribution is 7.80. The number of rotatable bonds is 6. The monoisotopic (exact) mass is 370 g/mol. The van der Waals surface area contributed by atoms with Gasteiger partial charge in [-0.1, -0.05) is 0 Å². The van der Waals surface area contributed by atoms with Crippen LogP contribution in [-0.2, 0) is 16.6 Å². The molecule has 0 aliphatic rings. The quantitative estimate of drug-likeness (QED) is 0.631. The lowest BCUT2D eigenvalue weighted by Gasteiger charge is -2.10. The standard InChI is InChI=1S/C17H18N6O2S/c1-23-9-12(7-20-23)11-5-15-14(18-6-11)3-4-16(21-15)22-17(26)19-8-13(24)10-25-2/h3-7,9H,8,10H2,1-2H3,(H2,19,21,22,26). The maximum absolute atomic E-state index is 11.4. The third kappa shape index (κ3) is 4.38. The van der Waals surface area contributed by atoms with Gasteiger partial charge in [0.15, 0.2) is 10.9 Å². The van der Waals surface area contributed by atoms with Crippen molar-refractivity contribution in [1.29, 1.82) is 0 Å². The molecule has 0 atom stereocenters. The van der Waals surface area contributed by atoms with Gasteiger partial charge in [0, 0.05) is 37.7 Å². The van der Waals surface area contributed by atoms with Crippen LogP contribution in [0.15, 0.2) is 36.8 Å². The number of fused-ring (bicyclic) bond motifs is 1. The Morgan fingerprint density at radius 1 is 1.27 bits per heavy atom. The molecule has 0 radical (unpaired) electrons. The molecule has 0 saturated carbocycles. The zero-order valence-electron chi connectivity index (χ0n) is 14.4. The first-order chi connectivity index (χ1) is 12.5. The second-order valence-electron chi connectivity index (χ2n) is 5.64. The van der Waals surface area contributed by atoms with E-state index in [1.165, 1.54) is 7.11 Å². The van der Waals surface area contributed by atoms with Crippen LogP contribution in [-0.4, -0.2) is 50.9 Å². The van der Waals surface area contributed by atoms with Gasteiger partial charge in [-0.05, 0) is 30.4 Å². The Balaban J connectivity index is 1.73. The Kier molecular flexibility index (Phi) is 5.49. The highest BCUT2D eigenvalue weighted by atomic mass is 32.1. The maximum atomic E-state index is 11.4. The van der Waals surface area contributed by atoms with Crippen LogP contribution in [0.1, 0.15) is 0 Å². The molecule has 8 nitrogen and oxygen atoms in total. The second kappa shape index (κ2) is 7.98. The molecule has 0 saturated heterocycles. The number of hydrogen-bond acceptors (Lipinski definition) is 6. The molecular formula is C17H18N6O2S. The predicted octanol–water partition coefficient (Wildman–Crippen LogP) is 1.53. The number of carbonyl (C=O) groups excluding carboxylic acids is 1. The first-order valence-electron chi connectivity index (χ1n) is 7.86. The normalized spacial score (nSPS) is 10.7. The molecule has 0 aliphatic carbocycles. The molecule has 3 heterocycles. The molecule has 2 N–H and O–H groups in total. The number of ether oxygens (including phenoxy) is 1. The second-order valence-corrected chi connectivity index (χ2v) is 6.05. The van der Waals surface area contributed by atoms with Crippen molar-refractivity contribution in [3.8, 4) is 11.1 Å². The minimum Gasteiger partial charge on any atom is -0.377 e. The molecule has 0 unspecified atom stereocenters. The summed E-state index contributed by atoms with van der Waals surface area (Å²) in [6.45, 7) is 0.145. The third-order valence-electron chi connectivity index (χ3n) is 3.57. The van der Waals surface area contributed by atoms with Crippen LogP contribution >= 0.6 is 12.2 Å². The molecule has 26 heavy (non-hydrogen) atoms. The number of aromatic nitrogens is 4. The highest BCUT2D eigenvalue weighted by Crippen LogP contribution is 2.22. The molecule has 9 heteroatoms. The van der Waals surface area contributed by atoms with Gasteiger partial charge in [-0.2, -0.15) is 5.10 Å². The minimum absolute atomic E-state index is 0.0482. The summed E-state index contributed by atoms with van der Waals surface area (Å²) in [4.78, 5) is 20.4. The number of ketones is 1. The van der Waals surface area contributed by atoms with Gasteiger partial charge in [0.2, 0.25) is 0 Å². The Morgan fingerprint density at radius 2 is 2.12 bits per heavy atom. The average molecular weight is 370 g/mol. The van der Waals surface area contributed by atoms with Crippen LogP contribution in [0.2, 0.25) is 0 Å². The fourth-order valence-electron chi connectivity index (χ4n) is 2.36. The summed E-state index contributed by atoms with van der Waals surface area (Å²) in [6.07, 6.45) is 5.49. The fraction of sp³-hybridized carbons (Fsp3) is 0.235. The van der Waals surface area contributed by atoms with Crippen molar-refractivity contribution in [2.45, 2.75) is 0 Å². The van der Waals surface area contributed by atoms with Crippen molar-refractivity contribution in [3.05, 3.63) is 36.8 Å². The lowest BCUT2D eigenvalue weighted by molar-refractivity contribution is -0.121. The Labute approximate surface area is 155 Å². The van der Waals surface area contributed by atoms with Crippen LogP contribution in [0.3, 0.4) is 0 Å². The first-order valence-corrected chi connectivity index (χ1v) is 8.27. The van der Waals surface area contributed by atoms with Crippen LogP contribution in [0.5, 0.6) is 0 Å². The van der Waals surface area contributed by atoms with Crippen molar-refractivity contribution in [2.75, 3.05) is 25.6 Å². The Morgan fingerprint density at radius 3 is 2.85 bits per heavy atom. The number of aryl methyl sites for hydroxylation is 1. The van der Waals surface area contributed by atoms with Crippen molar-refractivity contribution < 1.29 is 9.53 Å². The summed E-state index contributed by atoms with van der Waals surface area (Å²) in [6, 6.07) is 5.59. The van der Waals surface area contributed by atoms with Crippen LogP contribution in [0.4, 0.5) is 5.82 Å². The number of anilines is 1. The van der Waals surface area contributed by atoms with E-state index >= 15 is 0 Å². The van der Waals surface area contributed by atoms with Gasteiger partial charge < -0.3 is 15.4 Å². The maximum Gasteiger partial charge on any atom is 0.177 e. The number of nitrogens with one attached hydrogen (secondary N) is 2. The number of nitrogens with zero attached hydrogens (tertiary/aromatic N) is 4. The molecule has 3 aromatic rings. The van der Waals surface area contributed by atoms with E-state index in [1.807, 2.05) is 25.4 Å². The fourth-order valence-corrected chi connectivity index (χ4v) is 2.53. The number of Topliss-reactive ketones (excluding diaryl/α,β-unsaturated/α-hetero) is 1. The number of carbonyl (C=O) groups is 1. The van der Waals surface area contributed by atoms with E-state index in [1.54, 1.807) is 23.1 Å². The molecule has 3 rings (SSSR count). The van der Waals surface area contributed by atoms with Crippen molar-refractivity contribution in [3.63, 3.8) is 0 Å². The molecule has 0 amide bonds. The zero-order valence-corrected chi connectivity index (χ0v) is 15.2. The van der Waals surface area contributed by atoms with E-state index < -0.39 is 0 Å². The van der Waals surface area contributed by atoms with Crippen molar-refractivity contribution in [2.24, 2.45) is 7.05 Å². The highest BCUT2D eigenvalue weighted by Gasteiger charge is 2.07. The first kappa shape index (κ1) is 17.9. The molecule has 3 aromatic heterocycles. The molecule has 134 valence electrons. The van der Waals surface area contributed by atoms with Gasteiger partial charge >= 0.3 is 0 Å². The van der Waals surface area contributed by atoms with Crippen LogP contribution < -0.4 is 10.6 Å². The van der Waals surface area contributed by atoms with Crippen LogP contribution in [0, 0.1) is 0 Å². The topological polar surface area (TPSA) is 94.0 Å². The van der Waals surface area contributed by atoms with E-state index in [4.69, 9.17) is 17.0 Å². The average Bonchev–Trinajstić information content (AvgIpc) is 3.06. The van der Waals surface area contributed by atoms with Crippen molar-refractivity contribution >= 4 is 40.0 Å². The van der Waals surface area contributed by atoms with Gasteiger partial charge in [-0.15, -0.1) is 0 Å². The third-order valence-corrected chi connectivity index (χ3v) is 3.81.